The molecule has 2 aromatic rings. The first kappa shape index (κ1) is 18.2. The number of amides is 2. The molecule has 0 saturated carbocycles. The van der Waals surface area contributed by atoms with Crippen molar-refractivity contribution in [3.63, 3.8) is 0 Å². The van der Waals surface area contributed by atoms with Crippen LogP contribution in [-0.4, -0.2) is 24.4 Å². The van der Waals surface area contributed by atoms with E-state index in [1.807, 2.05) is 19.9 Å². The Balaban J connectivity index is 1.89. The van der Waals surface area contributed by atoms with Crippen molar-refractivity contribution in [1.82, 2.24) is 0 Å². The number of benzene rings is 2. The third-order valence-corrected chi connectivity index (χ3v) is 3.65. The molecular weight excluding hydrogens is 320 g/mol. The van der Waals surface area contributed by atoms with Gasteiger partial charge in [0.15, 0.2) is 6.61 Å². The lowest BCUT2D eigenvalue weighted by atomic mass is 10.0. The fraction of sp³-hybridized carbons (Fsp3) is 0.211. The third kappa shape index (κ3) is 5.17. The van der Waals surface area contributed by atoms with Gasteiger partial charge in [-0.15, -0.1) is 0 Å². The van der Waals surface area contributed by atoms with Crippen LogP contribution in [0.25, 0.3) is 0 Å². The second-order valence-corrected chi connectivity index (χ2v) is 5.63. The Morgan fingerprint density at radius 3 is 2.12 bits per heavy atom. The summed E-state index contributed by atoms with van der Waals surface area (Å²) in [5.74, 6) is -1.14. The van der Waals surface area contributed by atoms with Crippen LogP contribution in [-0.2, 0) is 14.3 Å². The molecule has 2 N–H and O–H groups in total. The number of ether oxygens (including phenoxy) is 1. The Kier molecular flexibility index (Phi) is 5.89. The van der Waals surface area contributed by atoms with Crippen molar-refractivity contribution in [2.45, 2.75) is 20.8 Å². The molecule has 0 aliphatic carbocycles. The van der Waals surface area contributed by atoms with Gasteiger partial charge in [-0.2, -0.15) is 0 Å². The third-order valence-electron chi connectivity index (χ3n) is 3.65. The van der Waals surface area contributed by atoms with Gasteiger partial charge in [0.2, 0.25) is 5.91 Å². The van der Waals surface area contributed by atoms with Gasteiger partial charge in [-0.3, -0.25) is 9.59 Å². The van der Waals surface area contributed by atoms with Crippen LogP contribution in [0.15, 0.2) is 42.5 Å². The van der Waals surface area contributed by atoms with Crippen LogP contribution in [0.3, 0.4) is 0 Å². The molecule has 2 aromatic carbocycles. The molecule has 0 heterocycles. The van der Waals surface area contributed by atoms with E-state index in [9.17, 15) is 14.4 Å². The highest BCUT2D eigenvalue weighted by Crippen LogP contribution is 2.15. The van der Waals surface area contributed by atoms with E-state index in [0.29, 0.717) is 16.9 Å². The van der Waals surface area contributed by atoms with E-state index in [-0.39, 0.29) is 12.5 Å². The molecule has 0 unspecified atom stereocenters. The molecule has 0 saturated heterocycles. The molecule has 6 nitrogen and oxygen atoms in total. The summed E-state index contributed by atoms with van der Waals surface area (Å²) >= 11 is 0. The normalized spacial score (nSPS) is 10.0. The highest BCUT2D eigenvalue weighted by Gasteiger charge is 2.13. The summed E-state index contributed by atoms with van der Waals surface area (Å²) in [6.07, 6.45) is 0. The van der Waals surface area contributed by atoms with Crippen molar-refractivity contribution in [3.8, 4) is 0 Å². The van der Waals surface area contributed by atoms with Gasteiger partial charge in [0.25, 0.3) is 5.91 Å². The maximum Gasteiger partial charge on any atom is 0.338 e. The van der Waals surface area contributed by atoms with Crippen LogP contribution in [0, 0.1) is 13.8 Å². The first-order valence-electron chi connectivity index (χ1n) is 7.77. The lowest BCUT2D eigenvalue weighted by Gasteiger charge is -2.10. The Bertz CT molecular complexity index is 798. The molecule has 0 fully saturated rings. The van der Waals surface area contributed by atoms with Crippen molar-refractivity contribution in [1.29, 1.82) is 0 Å². The van der Waals surface area contributed by atoms with Crippen molar-refractivity contribution in [2.24, 2.45) is 0 Å². The summed E-state index contributed by atoms with van der Waals surface area (Å²) in [6.45, 7) is 4.78. The zero-order valence-corrected chi connectivity index (χ0v) is 14.4. The first-order valence-corrected chi connectivity index (χ1v) is 7.77. The Morgan fingerprint density at radius 2 is 1.52 bits per heavy atom. The standard InChI is InChI=1S/C19H20N2O4/c1-12-5-4-6-17(13(12)2)19(24)25-11-18(23)21-16-9-7-15(8-10-16)20-14(3)22/h4-10H,11H2,1-3H3,(H,20,22)(H,21,23). The van der Waals surface area contributed by atoms with Gasteiger partial charge in [-0.1, -0.05) is 12.1 Å². The monoisotopic (exact) mass is 340 g/mol. The molecular formula is C19H20N2O4. The molecule has 6 heteroatoms. The zero-order valence-electron chi connectivity index (χ0n) is 14.4. The van der Waals surface area contributed by atoms with Gasteiger partial charge in [-0.25, -0.2) is 4.79 Å². The quantitative estimate of drug-likeness (QED) is 0.819. The van der Waals surface area contributed by atoms with Gasteiger partial charge >= 0.3 is 5.97 Å². The fourth-order valence-electron chi connectivity index (χ4n) is 2.22. The summed E-state index contributed by atoms with van der Waals surface area (Å²) < 4.78 is 5.07. The van der Waals surface area contributed by atoms with E-state index in [1.54, 1.807) is 36.4 Å². The molecule has 0 aliphatic rings. The summed E-state index contributed by atoms with van der Waals surface area (Å²) in [4.78, 5) is 34.9. The van der Waals surface area contributed by atoms with Crippen LogP contribution in [0.4, 0.5) is 11.4 Å². The van der Waals surface area contributed by atoms with Gasteiger partial charge in [0.1, 0.15) is 0 Å². The Morgan fingerprint density at radius 1 is 0.920 bits per heavy atom. The van der Waals surface area contributed by atoms with Crippen LogP contribution in [0.5, 0.6) is 0 Å². The molecule has 0 radical (unpaired) electrons. The topological polar surface area (TPSA) is 84.5 Å². The largest absolute Gasteiger partial charge is 0.452 e. The highest BCUT2D eigenvalue weighted by atomic mass is 16.5. The minimum absolute atomic E-state index is 0.171. The van der Waals surface area contributed by atoms with Crippen LogP contribution in [0.1, 0.15) is 28.4 Å². The maximum atomic E-state index is 12.1. The number of nitrogens with one attached hydrogen (secondary N) is 2. The van der Waals surface area contributed by atoms with Crippen molar-refractivity contribution >= 4 is 29.2 Å². The predicted molar refractivity (Wildman–Crippen MR) is 95.6 cm³/mol. The van der Waals surface area contributed by atoms with Crippen LogP contribution < -0.4 is 10.6 Å². The molecule has 25 heavy (non-hydrogen) atoms. The maximum absolute atomic E-state index is 12.1. The predicted octanol–water partition coefficient (Wildman–Crippen LogP) is 3.06. The zero-order chi connectivity index (χ0) is 18.4. The molecule has 0 atom stereocenters. The minimum Gasteiger partial charge on any atom is -0.452 e. The van der Waals surface area contributed by atoms with E-state index in [4.69, 9.17) is 4.74 Å². The van der Waals surface area contributed by atoms with Crippen LogP contribution in [0.2, 0.25) is 0 Å². The average molecular weight is 340 g/mol. The number of rotatable bonds is 5. The number of aryl methyl sites for hydroxylation is 1. The number of esters is 1. The molecule has 0 aromatic heterocycles. The second kappa shape index (κ2) is 8.10. The summed E-state index contributed by atoms with van der Waals surface area (Å²) in [6, 6.07) is 12.0. The molecule has 0 bridgehead atoms. The molecule has 130 valence electrons. The Labute approximate surface area is 146 Å². The van der Waals surface area contributed by atoms with Gasteiger partial charge in [0, 0.05) is 18.3 Å². The number of anilines is 2. The molecule has 0 aliphatic heterocycles. The Hall–Kier alpha value is -3.15. The van der Waals surface area contributed by atoms with E-state index in [0.717, 1.165) is 11.1 Å². The first-order chi connectivity index (χ1) is 11.9. The fourth-order valence-corrected chi connectivity index (χ4v) is 2.22. The van der Waals surface area contributed by atoms with Crippen molar-refractivity contribution in [2.75, 3.05) is 17.2 Å². The van der Waals surface area contributed by atoms with Gasteiger partial charge < -0.3 is 15.4 Å². The van der Waals surface area contributed by atoms with E-state index in [1.165, 1.54) is 6.92 Å². The van der Waals surface area contributed by atoms with Gasteiger partial charge in [-0.05, 0) is 55.3 Å². The average Bonchev–Trinajstić information content (AvgIpc) is 2.56. The van der Waals surface area contributed by atoms with Crippen LogP contribution >= 0.6 is 0 Å². The number of hydrogen-bond acceptors (Lipinski definition) is 4. The van der Waals surface area contributed by atoms with Crippen molar-refractivity contribution < 1.29 is 19.1 Å². The molecule has 0 spiro atoms. The number of carbonyl (C=O) groups excluding carboxylic acids is 3. The summed E-state index contributed by atoms with van der Waals surface area (Å²) in [5, 5.41) is 5.26. The summed E-state index contributed by atoms with van der Waals surface area (Å²) in [7, 11) is 0. The second-order valence-electron chi connectivity index (χ2n) is 5.63. The lowest BCUT2D eigenvalue weighted by molar-refractivity contribution is -0.119. The summed E-state index contributed by atoms with van der Waals surface area (Å²) in [5.41, 5.74) is 3.45. The van der Waals surface area contributed by atoms with Gasteiger partial charge in [0.05, 0.1) is 5.56 Å². The highest BCUT2D eigenvalue weighted by molar-refractivity contribution is 5.96. The van der Waals surface area contributed by atoms with E-state index >= 15 is 0 Å². The van der Waals surface area contributed by atoms with E-state index in [2.05, 4.69) is 10.6 Å². The minimum atomic E-state index is -0.530. The molecule has 2 rings (SSSR count). The lowest BCUT2D eigenvalue weighted by Crippen LogP contribution is -2.21. The number of hydrogen-bond donors (Lipinski definition) is 2. The number of carbonyl (C=O) groups is 3. The smallest absolute Gasteiger partial charge is 0.338 e. The SMILES string of the molecule is CC(=O)Nc1ccc(NC(=O)COC(=O)c2cccc(C)c2C)cc1. The van der Waals surface area contributed by atoms with E-state index < -0.39 is 11.9 Å². The molecule has 2 amide bonds. The van der Waals surface area contributed by atoms with Crippen molar-refractivity contribution in [3.05, 3.63) is 59.2 Å².